The van der Waals surface area contributed by atoms with E-state index < -0.39 is 5.97 Å². The highest BCUT2D eigenvalue weighted by molar-refractivity contribution is 6.30. The molecule has 0 aliphatic rings. The van der Waals surface area contributed by atoms with E-state index >= 15 is 0 Å². The number of fused-ring (bicyclic) bond motifs is 3. The number of nitrogens with zero attached hydrogens (tertiary/aromatic N) is 3. The molecule has 0 aliphatic carbocycles. The molecule has 5 rings (SSSR count). The van der Waals surface area contributed by atoms with Gasteiger partial charge in [-0.1, -0.05) is 48.0 Å². The molecule has 8 heteroatoms. The van der Waals surface area contributed by atoms with Crippen LogP contribution in [-0.2, 0) is 11.3 Å². The fourth-order valence-corrected chi connectivity index (χ4v) is 3.78. The first-order chi connectivity index (χ1) is 16.1. The van der Waals surface area contributed by atoms with Crippen molar-refractivity contribution in [3.05, 3.63) is 95.4 Å². The third kappa shape index (κ3) is 4.06. The number of esters is 1. The molecule has 0 radical (unpaired) electrons. The normalized spacial score (nSPS) is 11.0. The van der Waals surface area contributed by atoms with Crippen LogP contribution in [0.2, 0.25) is 5.02 Å². The Bertz CT molecular complexity index is 1470. The van der Waals surface area contributed by atoms with E-state index in [4.69, 9.17) is 25.8 Å². The van der Waals surface area contributed by atoms with E-state index in [-0.39, 0.29) is 12.3 Å². The second-order valence-corrected chi connectivity index (χ2v) is 7.64. The standard InChI is InChI=1S/C25H18ClN3O4/c1-31-25(30)22-23(32-14-16-6-3-2-4-7-16)20-11-10-19(33-18-9-5-8-17(26)12-18)13-21(20)24-27-15-28-29(22)24/h2-13,15H,14H2,1H3. The Morgan fingerprint density at radius 1 is 0.970 bits per heavy atom. The zero-order valence-corrected chi connectivity index (χ0v) is 18.3. The van der Waals surface area contributed by atoms with Crippen LogP contribution < -0.4 is 9.47 Å². The van der Waals surface area contributed by atoms with Crippen LogP contribution >= 0.6 is 11.6 Å². The van der Waals surface area contributed by atoms with Crippen molar-refractivity contribution in [2.75, 3.05) is 7.11 Å². The van der Waals surface area contributed by atoms with Crippen LogP contribution in [0.1, 0.15) is 16.1 Å². The van der Waals surface area contributed by atoms with Gasteiger partial charge in [0.2, 0.25) is 0 Å². The molecule has 2 heterocycles. The molecule has 0 amide bonds. The van der Waals surface area contributed by atoms with Crippen LogP contribution in [0.25, 0.3) is 16.4 Å². The monoisotopic (exact) mass is 459 g/mol. The van der Waals surface area contributed by atoms with E-state index in [2.05, 4.69) is 10.1 Å². The van der Waals surface area contributed by atoms with Crippen molar-refractivity contribution in [2.45, 2.75) is 6.61 Å². The molecule has 0 unspecified atom stereocenters. The first-order valence-corrected chi connectivity index (χ1v) is 10.5. The summed E-state index contributed by atoms with van der Waals surface area (Å²) in [5, 5.41) is 6.22. The number of hydrogen-bond donors (Lipinski definition) is 0. The Morgan fingerprint density at radius 3 is 2.58 bits per heavy atom. The van der Waals surface area contributed by atoms with E-state index in [9.17, 15) is 4.79 Å². The quantitative estimate of drug-likeness (QED) is 0.303. The molecule has 0 spiro atoms. The highest BCUT2D eigenvalue weighted by Crippen LogP contribution is 2.36. The number of pyridine rings is 1. The lowest BCUT2D eigenvalue weighted by atomic mass is 10.1. The third-order valence-electron chi connectivity index (χ3n) is 5.09. The SMILES string of the molecule is COC(=O)c1c(OCc2ccccc2)c2ccc(Oc3cccc(Cl)c3)cc2c2ncnn12. The maximum absolute atomic E-state index is 12.7. The van der Waals surface area contributed by atoms with Gasteiger partial charge in [0, 0.05) is 15.8 Å². The van der Waals surface area contributed by atoms with Crippen molar-refractivity contribution in [1.82, 2.24) is 14.6 Å². The van der Waals surface area contributed by atoms with Gasteiger partial charge in [-0.15, -0.1) is 0 Å². The van der Waals surface area contributed by atoms with Gasteiger partial charge in [0.15, 0.2) is 17.1 Å². The lowest BCUT2D eigenvalue weighted by molar-refractivity contribution is 0.0585. The lowest BCUT2D eigenvalue weighted by Gasteiger charge is -2.16. The first-order valence-electron chi connectivity index (χ1n) is 10.1. The number of methoxy groups -OCH3 is 1. The van der Waals surface area contributed by atoms with Crippen molar-refractivity contribution in [3.63, 3.8) is 0 Å². The van der Waals surface area contributed by atoms with Crippen molar-refractivity contribution in [2.24, 2.45) is 0 Å². The highest BCUT2D eigenvalue weighted by Gasteiger charge is 2.24. The Hall–Kier alpha value is -4.10. The van der Waals surface area contributed by atoms with Gasteiger partial charge in [-0.05, 0) is 42.0 Å². The summed E-state index contributed by atoms with van der Waals surface area (Å²) in [6, 6.07) is 22.3. The number of carbonyl (C=O) groups is 1. The topological polar surface area (TPSA) is 75.0 Å². The average Bonchev–Trinajstić information content (AvgIpc) is 3.32. The maximum atomic E-state index is 12.7. The first kappa shape index (κ1) is 20.8. The van der Waals surface area contributed by atoms with Crippen LogP contribution in [0.4, 0.5) is 0 Å². The summed E-state index contributed by atoms with van der Waals surface area (Å²) in [6.07, 6.45) is 1.38. The zero-order valence-electron chi connectivity index (χ0n) is 17.6. The van der Waals surface area contributed by atoms with Crippen molar-refractivity contribution in [3.8, 4) is 17.2 Å². The maximum Gasteiger partial charge on any atom is 0.360 e. The van der Waals surface area contributed by atoms with Crippen molar-refractivity contribution in [1.29, 1.82) is 0 Å². The molecule has 33 heavy (non-hydrogen) atoms. The van der Waals surface area contributed by atoms with Crippen LogP contribution in [0.5, 0.6) is 17.2 Å². The molecule has 0 bridgehead atoms. The molecular weight excluding hydrogens is 442 g/mol. The summed E-state index contributed by atoms with van der Waals surface area (Å²) in [6.45, 7) is 0.265. The molecule has 7 nitrogen and oxygen atoms in total. The number of halogens is 1. The fraction of sp³-hybridized carbons (Fsp3) is 0.0800. The Morgan fingerprint density at radius 2 is 1.79 bits per heavy atom. The second kappa shape index (κ2) is 8.80. The zero-order chi connectivity index (χ0) is 22.8. The minimum atomic E-state index is -0.574. The third-order valence-corrected chi connectivity index (χ3v) is 5.32. The van der Waals surface area contributed by atoms with E-state index in [1.807, 2.05) is 54.6 Å². The molecule has 0 saturated carbocycles. The van der Waals surface area contributed by atoms with Gasteiger partial charge < -0.3 is 14.2 Å². The molecule has 0 atom stereocenters. The van der Waals surface area contributed by atoms with Gasteiger partial charge in [0.25, 0.3) is 0 Å². The predicted molar refractivity (Wildman–Crippen MR) is 124 cm³/mol. The molecular formula is C25H18ClN3O4. The van der Waals surface area contributed by atoms with Gasteiger partial charge in [0.1, 0.15) is 24.4 Å². The van der Waals surface area contributed by atoms with Crippen LogP contribution in [0, 0.1) is 0 Å². The smallest absolute Gasteiger partial charge is 0.360 e. The van der Waals surface area contributed by atoms with Gasteiger partial charge in [0.05, 0.1) is 7.11 Å². The number of hydrogen-bond acceptors (Lipinski definition) is 6. The second-order valence-electron chi connectivity index (χ2n) is 7.21. The number of carbonyl (C=O) groups excluding carboxylic acids is 1. The summed E-state index contributed by atoms with van der Waals surface area (Å²) in [5.41, 5.74) is 1.60. The highest BCUT2D eigenvalue weighted by atomic mass is 35.5. The van der Waals surface area contributed by atoms with Crippen molar-refractivity contribution >= 4 is 34.0 Å². The summed E-state index contributed by atoms with van der Waals surface area (Å²) >= 11 is 6.07. The molecule has 0 aliphatic heterocycles. The van der Waals surface area contributed by atoms with Gasteiger partial charge in [-0.3, -0.25) is 0 Å². The molecule has 164 valence electrons. The Labute approximate surface area is 194 Å². The minimum Gasteiger partial charge on any atom is -0.486 e. The van der Waals surface area contributed by atoms with E-state index in [0.717, 1.165) is 5.56 Å². The Balaban J connectivity index is 1.65. The number of benzene rings is 3. The molecule has 0 N–H and O–H groups in total. The van der Waals surface area contributed by atoms with E-state index in [1.54, 1.807) is 18.2 Å². The van der Waals surface area contributed by atoms with Crippen LogP contribution in [0.15, 0.2) is 79.1 Å². The summed E-state index contributed by atoms with van der Waals surface area (Å²) < 4.78 is 18.6. The van der Waals surface area contributed by atoms with Gasteiger partial charge >= 0.3 is 5.97 Å². The molecule has 0 fully saturated rings. The average molecular weight is 460 g/mol. The summed E-state index contributed by atoms with van der Waals surface area (Å²) in [5.74, 6) is 0.961. The predicted octanol–water partition coefficient (Wildman–Crippen LogP) is 5.69. The number of rotatable bonds is 6. The minimum absolute atomic E-state index is 0.164. The number of aromatic nitrogens is 3. The molecule has 2 aromatic heterocycles. The fourth-order valence-electron chi connectivity index (χ4n) is 3.60. The number of ether oxygens (including phenoxy) is 3. The van der Waals surface area contributed by atoms with Crippen LogP contribution in [0.3, 0.4) is 0 Å². The molecule has 3 aromatic carbocycles. The van der Waals surface area contributed by atoms with Gasteiger partial charge in [-0.2, -0.15) is 5.10 Å². The Kier molecular flexibility index (Phi) is 5.54. The van der Waals surface area contributed by atoms with Crippen LogP contribution in [-0.4, -0.2) is 27.7 Å². The molecule has 5 aromatic rings. The summed E-state index contributed by atoms with van der Waals surface area (Å²) in [4.78, 5) is 17.1. The van der Waals surface area contributed by atoms with Gasteiger partial charge in [-0.25, -0.2) is 14.3 Å². The van der Waals surface area contributed by atoms with Crippen molar-refractivity contribution < 1.29 is 19.0 Å². The largest absolute Gasteiger partial charge is 0.486 e. The molecule has 0 saturated heterocycles. The van der Waals surface area contributed by atoms with E-state index in [0.29, 0.717) is 38.7 Å². The summed E-state index contributed by atoms with van der Waals surface area (Å²) in [7, 11) is 1.32. The van der Waals surface area contributed by atoms with E-state index in [1.165, 1.54) is 18.0 Å². The lowest BCUT2D eigenvalue weighted by Crippen LogP contribution is -2.13.